The second kappa shape index (κ2) is 5.72. The smallest absolute Gasteiger partial charge is 0.141 e. The van der Waals surface area contributed by atoms with Gasteiger partial charge in [0.15, 0.2) is 0 Å². The minimum Gasteiger partial charge on any atom is -0.456 e. The highest BCUT2D eigenvalue weighted by Crippen LogP contribution is 2.32. The molecule has 0 amide bonds. The van der Waals surface area contributed by atoms with Crippen molar-refractivity contribution in [1.82, 2.24) is 0 Å². The second-order valence-corrected chi connectivity index (χ2v) is 5.23. The molecule has 2 aromatic carbocycles. The predicted molar refractivity (Wildman–Crippen MR) is 76.0 cm³/mol. The minimum absolute atomic E-state index is 0.297. The average molecular weight is 325 g/mol. The molecule has 1 atom stereocenters. The number of aryl methyl sites for hydroxylation is 1. The number of aliphatic hydroxyl groups is 1. The third kappa shape index (κ3) is 3.33. The first-order valence-electron chi connectivity index (χ1n) is 5.89. The average Bonchev–Trinajstić information content (AvgIpc) is 2.36. The van der Waals surface area contributed by atoms with Gasteiger partial charge in [-0.05, 0) is 59.1 Å². The molecule has 0 saturated carbocycles. The Morgan fingerprint density at radius 2 is 1.95 bits per heavy atom. The fraction of sp³-hybridized carbons (Fsp3) is 0.200. The molecule has 0 aliphatic rings. The molecule has 1 unspecified atom stereocenters. The zero-order valence-electron chi connectivity index (χ0n) is 10.7. The molecule has 0 aliphatic heterocycles. The van der Waals surface area contributed by atoms with Crippen molar-refractivity contribution >= 4 is 15.9 Å². The SMILES string of the molecule is Cc1ccc(Oc2ccc(C(C)O)cc2Br)cc1F. The van der Waals surface area contributed by atoms with Crippen molar-refractivity contribution in [2.75, 3.05) is 0 Å². The molecule has 0 fully saturated rings. The number of rotatable bonds is 3. The lowest BCUT2D eigenvalue weighted by Gasteiger charge is -2.11. The first-order valence-corrected chi connectivity index (χ1v) is 6.68. The highest BCUT2D eigenvalue weighted by molar-refractivity contribution is 9.10. The highest BCUT2D eigenvalue weighted by Gasteiger charge is 2.08. The van der Waals surface area contributed by atoms with Crippen LogP contribution in [-0.4, -0.2) is 5.11 Å². The van der Waals surface area contributed by atoms with Crippen molar-refractivity contribution in [3.63, 3.8) is 0 Å². The molecular weight excluding hydrogens is 311 g/mol. The largest absolute Gasteiger partial charge is 0.456 e. The summed E-state index contributed by atoms with van der Waals surface area (Å²) in [5, 5.41) is 9.48. The molecule has 0 aliphatic carbocycles. The normalized spacial score (nSPS) is 12.3. The summed E-state index contributed by atoms with van der Waals surface area (Å²) in [5.41, 5.74) is 1.37. The Morgan fingerprint density at radius 1 is 1.21 bits per heavy atom. The van der Waals surface area contributed by atoms with E-state index in [1.54, 1.807) is 44.2 Å². The third-order valence-corrected chi connectivity index (χ3v) is 3.43. The van der Waals surface area contributed by atoms with Gasteiger partial charge in [0, 0.05) is 6.07 Å². The van der Waals surface area contributed by atoms with E-state index in [9.17, 15) is 9.50 Å². The molecule has 1 N–H and O–H groups in total. The van der Waals surface area contributed by atoms with Crippen LogP contribution in [0.3, 0.4) is 0 Å². The molecule has 0 radical (unpaired) electrons. The summed E-state index contributed by atoms with van der Waals surface area (Å²) in [7, 11) is 0. The Kier molecular flexibility index (Phi) is 4.22. The van der Waals surface area contributed by atoms with Gasteiger partial charge in [-0.15, -0.1) is 0 Å². The summed E-state index contributed by atoms with van der Waals surface area (Å²) in [5.74, 6) is 0.718. The lowest BCUT2D eigenvalue weighted by molar-refractivity contribution is 0.199. The van der Waals surface area contributed by atoms with Crippen LogP contribution in [0.15, 0.2) is 40.9 Å². The number of ether oxygens (including phenoxy) is 1. The van der Waals surface area contributed by atoms with Crippen molar-refractivity contribution < 1.29 is 14.2 Å². The fourth-order valence-electron chi connectivity index (χ4n) is 1.62. The Morgan fingerprint density at radius 3 is 2.53 bits per heavy atom. The van der Waals surface area contributed by atoms with Crippen molar-refractivity contribution in [3.8, 4) is 11.5 Å². The van der Waals surface area contributed by atoms with Crippen molar-refractivity contribution in [3.05, 3.63) is 57.8 Å². The van der Waals surface area contributed by atoms with Crippen LogP contribution >= 0.6 is 15.9 Å². The van der Waals surface area contributed by atoms with E-state index in [0.29, 0.717) is 21.5 Å². The Hall–Kier alpha value is -1.39. The maximum atomic E-state index is 13.4. The van der Waals surface area contributed by atoms with Gasteiger partial charge in [-0.1, -0.05) is 12.1 Å². The molecule has 2 aromatic rings. The molecule has 2 rings (SSSR count). The zero-order valence-corrected chi connectivity index (χ0v) is 12.2. The van der Waals surface area contributed by atoms with E-state index in [0.717, 1.165) is 5.56 Å². The van der Waals surface area contributed by atoms with Crippen LogP contribution in [0.2, 0.25) is 0 Å². The summed E-state index contributed by atoms with van der Waals surface area (Å²) >= 11 is 3.38. The topological polar surface area (TPSA) is 29.5 Å². The van der Waals surface area contributed by atoms with Crippen LogP contribution in [0.25, 0.3) is 0 Å². The van der Waals surface area contributed by atoms with Crippen LogP contribution in [0.5, 0.6) is 11.5 Å². The van der Waals surface area contributed by atoms with Crippen molar-refractivity contribution in [1.29, 1.82) is 0 Å². The molecule has 0 aromatic heterocycles. The number of hydrogen-bond acceptors (Lipinski definition) is 2. The van der Waals surface area contributed by atoms with Crippen LogP contribution < -0.4 is 4.74 Å². The van der Waals surface area contributed by atoms with Crippen molar-refractivity contribution in [2.45, 2.75) is 20.0 Å². The van der Waals surface area contributed by atoms with Gasteiger partial charge in [0.05, 0.1) is 10.6 Å². The van der Waals surface area contributed by atoms with Gasteiger partial charge in [-0.3, -0.25) is 0 Å². The first-order chi connectivity index (χ1) is 8.97. The Balaban J connectivity index is 2.25. The van der Waals surface area contributed by atoms with Gasteiger partial charge in [0.25, 0.3) is 0 Å². The maximum Gasteiger partial charge on any atom is 0.141 e. The second-order valence-electron chi connectivity index (χ2n) is 4.38. The molecule has 0 bridgehead atoms. The summed E-state index contributed by atoms with van der Waals surface area (Å²) in [6.45, 7) is 3.39. The molecule has 2 nitrogen and oxygen atoms in total. The lowest BCUT2D eigenvalue weighted by Crippen LogP contribution is -1.93. The molecule has 100 valence electrons. The Bertz CT molecular complexity index is 597. The summed E-state index contributed by atoms with van der Waals surface area (Å²) < 4.78 is 19.8. The summed E-state index contributed by atoms with van der Waals surface area (Å²) in [6, 6.07) is 10.0. The van der Waals surface area contributed by atoms with Crippen LogP contribution in [-0.2, 0) is 0 Å². The number of benzene rings is 2. The molecule has 19 heavy (non-hydrogen) atoms. The van der Waals surface area contributed by atoms with Gasteiger partial charge >= 0.3 is 0 Å². The maximum absolute atomic E-state index is 13.4. The van der Waals surface area contributed by atoms with Gasteiger partial charge in [-0.25, -0.2) is 4.39 Å². The van der Waals surface area contributed by atoms with E-state index < -0.39 is 6.10 Å². The van der Waals surface area contributed by atoms with Gasteiger partial charge in [0.2, 0.25) is 0 Å². The highest BCUT2D eigenvalue weighted by atomic mass is 79.9. The van der Waals surface area contributed by atoms with Crippen molar-refractivity contribution in [2.24, 2.45) is 0 Å². The van der Waals surface area contributed by atoms with Crippen LogP contribution in [0.4, 0.5) is 4.39 Å². The van der Waals surface area contributed by atoms with E-state index in [4.69, 9.17) is 4.74 Å². The van der Waals surface area contributed by atoms with Crippen LogP contribution in [0.1, 0.15) is 24.2 Å². The molecule has 0 saturated heterocycles. The quantitative estimate of drug-likeness (QED) is 0.883. The van der Waals surface area contributed by atoms with E-state index in [1.165, 1.54) is 6.07 Å². The van der Waals surface area contributed by atoms with E-state index >= 15 is 0 Å². The number of hydrogen-bond donors (Lipinski definition) is 1. The molecule has 0 spiro atoms. The van der Waals surface area contributed by atoms with Gasteiger partial charge in [0.1, 0.15) is 17.3 Å². The lowest BCUT2D eigenvalue weighted by atomic mass is 10.1. The van der Waals surface area contributed by atoms with E-state index in [1.807, 2.05) is 0 Å². The molecular formula is C15H14BrFO2. The fourth-order valence-corrected chi connectivity index (χ4v) is 2.10. The van der Waals surface area contributed by atoms with E-state index in [-0.39, 0.29) is 5.82 Å². The van der Waals surface area contributed by atoms with Crippen LogP contribution in [0, 0.1) is 12.7 Å². The minimum atomic E-state index is -0.540. The molecule has 4 heteroatoms. The van der Waals surface area contributed by atoms with E-state index in [2.05, 4.69) is 15.9 Å². The third-order valence-electron chi connectivity index (χ3n) is 2.81. The summed E-state index contributed by atoms with van der Waals surface area (Å²) in [4.78, 5) is 0. The molecule has 0 heterocycles. The first kappa shape index (κ1) is 14.0. The zero-order chi connectivity index (χ0) is 14.0. The Labute approximate surface area is 120 Å². The van der Waals surface area contributed by atoms with Gasteiger partial charge < -0.3 is 9.84 Å². The predicted octanol–water partition coefficient (Wildman–Crippen LogP) is 4.74. The number of aliphatic hydroxyl groups excluding tert-OH is 1. The standard InChI is InChI=1S/C15H14BrFO2/c1-9-3-5-12(8-14(9)17)19-15-6-4-11(10(2)18)7-13(15)16/h3-8,10,18H,1-2H3. The number of halogens is 2. The van der Waals surface area contributed by atoms with Gasteiger partial charge in [-0.2, -0.15) is 0 Å². The summed E-state index contributed by atoms with van der Waals surface area (Å²) in [6.07, 6.45) is -0.540. The monoisotopic (exact) mass is 324 g/mol.